The van der Waals surface area contributed by atoms with Gasteiger partial charge in [0.25, 0.3) is 0 Å². The third kappa shape index (κ3) is 2.13. The summed E-state index contributed by atoms with van der Waals surface area (Å²) in [5.74, 6) is 0.531. The van der Waals surface area contributed by atoms with Gasteiger partial charge in [-0.25, -0.2) is 0 Å². The summed E-state index contributed by atoms with van der Waals surface area (Å²) < 4.78 is 43.2. The summed E-state index contributed by atoms with van der Waals surface area (Å²) in [4.78, 5) is 0. The molecule has 2 N–H and O–H groups in total. The zero-order valence-corrected chi connectivity index (χ0v) is 9.66. The average Bonchev–Trinajstić information content (AvgIpc) is 2.35. The quantitative estimate of drug-likeness (QED) is 0.892. The van der Waals surface area contributed by atoms with Gasteiger partial charge < -0.3 is 10.5 Å². The number of hydrogen-bond donors (Lipinski definition) is 1. The van der Waals surface area contributed by atoms with E-state index in [-0.39, 0.29) is 5.56 Å². The highest BCUT2D eigenvalue weighted by Gasteiger charge is 2.38. The lowest BCUT2D eigenvalue weighted by Crippen LogP contribution is -2.28. The van der Waals surface area contributed by atoms with Gasteiger partial charge in [-0.1, -0.05) is 30.3 Å². The number of nitrogens with two attached hydrogens (primary N) is 1. The van der Waals surface area contributed by atoms with Gasteiger partial charge in [0.2, 0.25) is 0 Å². The molecule has 0 bridgehead atoms. The number of benzene rings is 2. The van der Waals surface area contributed by atoms with Gasteiger partial charge in [-0.3, -0.25) is 0 Å². The van der Waals surface area contributed by atoms with Crippen LogP contribution in [0.5, 0.6) is 5.75 Å². The van der Waals surface area contributed by atoms with Gasteiger partial charge >= 0.3 is 6.18 Å². The van der Waals surface area contributed by atoms with Crippen molar-refractivity contribution in [2.24, 2.45) is 5.73 Å². The van der Waals surface area contributed by atoms with Crippen molar-refractivity contribution in [2.75, 3.05) is 7.11 Å². The highest BCUT2D eigenvalue weighted by Crippen LogP contribution is 2.37. The zero-order valence-electron chi connectivity index (χ0n) is 9.66. The largest absolute Gasteiger partial charge is 0.496 e. The molecule has 0 aromatic heterocycles. The topological polar surface area (TPSA) is 35.2 Å². The van der Waals surface area contributed by atoms with Crippen molar-refractivity contribution >= 4 is 10.8 Å². The van der Waals surface area contributed by atoms with E-state index < -0.39 is 12.2 Å². The Labute approximate surface area is 102 Å². The molecule has 2 aromatic rings. The molecule has 0 saturated carbocycles. The van der Waals surface area contributed by atoms with Crippen LogP contribution >= 0.6 is 0 Å². The number of alkyl halides is 3. The van der Waals surface area contributed by atoms with Gasteiger partial charge in [-0.15, -0.1) is 0 Å². The first-order chi connectivity index (χ1) is 8.45. The molecule has 0 amide bonds. The summed E-state index contributed by atoms with van der Waals surface area (Å²) in [7, 11) is 1.48. The molecule has 18 heavy (non-hydrogen) atoms. The van der Waals surface area contributed by atoms with Gasteiger partial charge in [0.1, 0.15) is 11.8 Å². The third-order valence-electron chi connectivity index (χ3n) is 2.83. The molecule has 0 fully saturated rings. The number of methoxy groups -OCH3 is 1. The van der Waals surface area contributed by atoms with Crippen molar-refractivity contribution < 1.29 is 17.9 Å². The summed E-state index contributed by atoms with van der Waals surface area (Å²) in [6.07, 6.45) is -4.46. The van der Waals surface area contributed by atoms with Gasteiger partial charge in [0.15, 0.2) is 0 Å². The van der Waals surface area contributed by atoms with Gasteiger partial charge in [0, 0.05) is 5.39 Å². The van der Waals surface area contributed by atoms with Crippen LogP contribution in [0.3, 0.4) is 0 Å². The van der Waals surface area contributed by atoms with E-state index in [0.717, 1.165) is 0 Å². The van der Waals surface area contributed by atoms with E-state index in [0.29, 0.717) is 16.5 Å². The molecule has 96 valence electrons. The molecule has 0 heterocycles. The monoisotopic (exact) mass is 255 g/mol. The Kier molecular flexibility index (Phi) is 3.17. The first-order valence-electron chi connectivity index (χ1n) is 5.33. The van der Waals surface area contributed by atoms with Gasteiger partial charge in [-0.05, 0) is 17.0 Å². The van der Waals surface area contributed by atoms with E-state index in [9.17, 15) is 13.2 Å². The molecule has 0 spiro atoms. The first-order valence-corrected chi connectivity index (χ1v) is 5.33. The van der Waals surface area contributed by atoms with Gasteiger partial charge in [-0.2, -0.15) is 13.2 Å². The normalized spacial score (nSPS) is 13.6. The summed E-state index contributed by atoms with van der Waals surface area (Å²) in [5.41, 5.74) is 5.32. The molecule has 2 rings (SSSR count). The van der Waals surface area contributed by atoms with Crippen molar-refractivity contribution in [3.8, 4) is 5.75 Å². The third-order valence-corrected chi connectivity index (χ3v) is 2.83. The number of hydrogen-bond acceptors (Lipinski definition) is 2. The van der Waals surface area contributed by atoms with Crippen LogP contribution in [0.1, 0.15) is 11.6 Å². The Morgan fingerprint density at radius 2 is 1.67 bits per heavy atom. The Bertz CT molecular complexity index is 566. The predicted octanol–water partition coefficient (Wildman–Crippen LogP) is 3.41. The van der Waals surface area contributed by atoms with Crippen LogP contribution in [0.2, 0.25) is 0 Å². The summed E-state index contributed by atoms with van der Waals surface area (Å²) in [5, 5.41) is 1.08. The molecule has 0 aliphatic carbocycles. The fraction of sp³-hybridized carbons (Fsp3) is 0.231. The molecule has 0 aliphatic rings. The van der Waals surface area contributed by atoms with E-state index >= 15 is 0 Å². The molecule has 1 atom stereocenters. The van der Waals surface area contributed by atoms with Gasteiger partial charge in [0.05, 0.1) is 7.11 Å². The minimum Gasteiger partial charge on any atom is -0.496 e. The van der Waals surface area contributed by atoms with E-state index in [1.165, 1.54) is 19.2 Å². The minimum absolute atomic E-state index is 0.0545. The summed E-state index contributed by atoms with van der Waals surface area (Å²) >= 11 is 0. The predicted molar refractivity (Wildman–Crippen MR) is 63.5 cm³/mol. The summed E-state index contributed by atoms with van der Waals surface area (Å²) in [6.45, 7) is 0. The second-order valence-corrected chi connectivity index (χ2v) is 3.92. The average molecular weight is 255 g/mol. The second-order valence-electron chi connectivity index (χ2n) is 3.92. The maximum Gasteiger partial charge on any atom is 0.407 e. The maximum absolute atomic E-state index is 12.7. The van der Waals surface area contributed by atoms with Crippen molar-refractivity contribution in [1.82, 2.24) is 0 Å². The van der Waals surface area contributed by atoms with Crippen LogP contribution in [0.15, 0.2) is 36.4 Å². The van der Waals surface area contributed by atoms with Crippen LogP contribution in [0.4, 0.5) is 13.2 Å². The lowest BCUT2D eigenvalue weighted by atomic mass is 9.98. The minimum atomic E-state index is -4.46. The molecule has 0 aliphatic heterocycles. The fourth-order valence-electron chi connectivity index (χ4n) is 1.92. The number of halogens is 3. The van der Waals surface area contributed by atoms with E-state index in [2.05, 4.69) is 0 Å². The molecule has 2 nitrogen and oxygen atoms in total. The number of ether oxygens (including phenoxy) is 1. The van der Waals surface area contributed by atoms with Crippen LogP contribution in [0.25, 0.3) is 10.8 Å². The smallest absolute Gasteiger partial charge is 0.407 e. The van der Waals surface area contributed by atoms with Crippen molar-refractivity contribution in [2.45, 2.75) is 12.2 Å². The highest BCUT2D eigenvalue weighted by atomic mass is 19.4. The van der Waals surface area contributed by atoms with E-state index in [1.54, 1.807) is 24.3 Å². The van der Waals surface area contributed by atoms with Crippen molar-refractivity contribution in [3.63, 3.8) is 0 Å². The second kappa shape index (κ2) is 4.49. The molecule has 2 aromatic carbocycles. The maximum atomic E-state index is 12.7. The standard InChI is InChI=1S/C13H12F3NO/c1-18-11-7-6-10(12(17)13(14,15)16)8-4-2-3-5-9(8)11/h2-7,12H,17H2,1H3. The Hall–Kier alpha value is -1.75. The van der Waals surface area contributed by atoms with Crippen LogP contribution in [0, 0.1) is 0 Å². The Morgan fingerprint density at radius 3 is 2.22 bits per heavy atom. The number of fused-ring (bicyclic) bond motifs is 1. The number of rotatable bonds is 2. The molecular formula is C13H12F3NO. The van der Waals surface area contributed by atoms with Crippen LogP contribution in [-0.2, 0) is 0 Å². The lowest BCUT2D eigenvalue weighted by molar-refractivity contribution is -0.148. The van der Waals surface area contributed by atoms with E-state index in [1.807, 2.05) is 0 Å². The fourth-order valence-corrected chi connectivity index (χ4v) is 1.92. The lowest BCUT2D eigenvalue weighted by Gasteiger charge is -2.18. The highest BCUT2D eigenvalue weighted by molar-refractivity contribution is 5.91. The molecule has 0 radical (unpaired) electrons. The molecule has 1 unspecified atom stereocenters. The zero-order chi connectivity index (χ0) is 13.3. The molecular weight excluding hydrogens is 243 g/mol. The summed E-state index contributed by atoms with van der Waals surface area (Å²) in [6, 6.07) is 7.61. The van der Waals surface area contributed by atoms with Crippen LogP contribution < -0.4 is 10.5 Å². The van der Waals surface area contributed by atoms with Crippen LogP contribution in [-0.4, -0.2) is 13.3 Å². The van der Waals surface area contributed by atoms with Crippen molar-refractivity contribution in [3.05, 3.63) is 42.0 Å². The SMILES string of the molecule is COc1ccc(C(N)C(F)(F)F)c2ccccc12. The van der Waals surface area contributed by atoms with E-state index in [4.69, 9.17) is 10.5 Å². The Balaban J connectivity index is 2.67. The van der Waals surface area contributed by atoms with Crippen molar-refractivity contribution in [1.29, 1.82) is 0 Å². The Morgan fingerprint density at radius 1 is 1.06 bits per heavy atom. The molecule has 0 saturated heterocycles. The molecule has 5 heteroatoms. The first kappa shape index (κ1) is 12.7.